The highest BCUT2D eigenvalue weighted by molar-refractivity contribution is 5.71. The van der Waals surface area contributed by atoms with Crippen LogP contribution in [-0.4, -0.2) is 34.5 Å². The predicted octanol–water partition coefficient (Wildman–Crippen LogP) is 2.73. The van der Waals surface area contributed by atoms with E-state index in [-0.39, 0.29) is 12.6 Å². The number of rotatable bonds is 8. The molecule has 0 saturated heterocycles. The standard InChI is InChI=1S/C21H24N4O3/c1-15-8-18(9-16(2)21(15)28-12-20(26)27-3)11-22-10-17-4-6-19(7-5-17)25-14-23-13-24-25/h4-9,13-14,22H,10-12H2,1-3H3. The van der Waals surface area contributed by atoms with Gasteiger partial charge in [0.2, 0.25) is 0 Å². The van der Waals surface area contributed by atoms with E-state index in [0.29, 0.717) is 0 Å². The van der Waals surface area contributed by atoms with Crippen molar-refractivity contribution in [2.45, 2.75) is 26.9 Å². The minimum absolute atomic E-state index is 0.0830. The van der Waals surface area contributed by atoms with Gasteiger partial charge in [-0.2, -0.15) is 5.10 Å². The van der Waals surface area contributed by atoms with Crippen LogP contribution in [0, 0.1) is 13.8 Å². The molecule has 0 atom stereocenters. The Morgan fingerprint density at radius 3 is 2.36 bits per heavy atom. The van der Waals surface area contributed by atoms with Gasteiger partial charge in [-0.05, 0) is 48.2 Å². The van der Waals surface area contributed by atoms with Crippen molar-refractivity contribution in [3.8, 4) is 11.4 Å². The highest BCUT2D eigenvalue weighted by Crippen LogP contribution is 2.25. The molecule has 1 aromatic heterocycles. The second kappa shape index (κ2) is 9.14. The zero-order chi connectivity index (χ0) is 19.9. The number of nitrogens with zero attached hydrogens (tertiary/aromatic N) is 3. The number of hydrogen-bond donors (Lipinski definition) is 1. The maximum Gasteiger partial charge on any atom is 0.343 e. The Morgan fingerprint density at radius 2 is 1.75 bits per heavy atom. The Labute approximate surface area is 164 Å². The molecular weight excluding hydrogens is 356 g/mol. The fourth-order valence-corrected chi connectivity index (χ4v) is 3.02. The lowest BCUT2D eigenvalue weighted by Gasteiger charge is -2.14. The van der Waals surface area contributed by atoms with Gasteiger partial charge in [-0.3, -0.25) is 0 Å². The first-order valence-corrected chi connectivity index (χ1v) is 9.01. The van der Waals surface area contributed by atoms with Crippen molar-refractivity contribution in [2.75, 3.05) is 13.7 Å². The van der Waals surface area contributed by atoms with Crippen LogP contribution in [0.3, 0.4) is 0 Å². The normalized spacial score (nSPS) is 10.7. The average Bonchev–Trinajstić information content (AvgIpc) is 3.22. The van der Waals surface area contributed by atoms with Crippen LogP contribution < -0.4 is 10.1 Å². The third-order valence-electron chi connectivity index (χ3n) is 4.36. The molecule has 0 bridgehead atoms. The van der Waals surface area contributed by atoms with E-state index >= 15 is 0 Å². The van der Waals surface area contributed by atoms with Gasteiger partial charge in [-0.25, -0.2) is 14.5 Å². The van der Waals surface area contributed by atoms with Crippen LogP contribution in [-0.2, 0) is 22.6 Å². The third kappa shape index (κ3) is 4.95. The van der Waals surface area contributed by atoms with Crippen LogP contribution in [0.4, 0.5) is 0 Å². The minimum Gasteiger partial charge on any atom is -0.481 e. The summed E-state index contributed by atoms with van der Waals surface area (Å²) in [7, 11) is 1.35. The second-order valence-corrected chi connectivity index (χ2v) is 6.53. The summed E-state index contributed by atoms with van der Waals surface area (Å²) < 4.78 is 11.9. The highest BCUT2D eigenvalue weighted by Gasteiger charge is 2.09. The molecule has 1 N–H and O–H groups in total. The molecule has 146 valence electrons. The molecule has 0 aliphatic heterocycles. The van der Waals surface area contributed by atoms with Gasteiger partial charge >= 0.3 is 5.97 Å². The number of nitrogens with one attached hydrogen (secondary N) is 1. The summed E-state index contributed by atoms with van der Waals surface area (Å²) in [5.41, 5.74) is 5.33. The van der Waals surface area contributed by atoms with Gasteiger partial charge in [0, 0.05) is 13.1 Å². The molecule has 0 aliphatic carbocycles. The quantitative estimate of drug-likeness (QED) is 0.606. The van der Waals surface area contributed by atoms with Gasteiger partial charge < -0.3 is 14.8 Å². The lowest BCUT2D eigenvalue weighted by atomic mass is 10.1. The van der Waals surface area contributed by atoms with Crippen molar-refractivity contribution in [1.82, 2.24) is 20.1 Å². The smallest absolute Gasteiger partial charge is 0.343 e. The van der Waals surface area contributed by atoms with E-state index in [2.05, 4.69) is 44.4 Å². The van der Waals surface area contributed by atoms with Crippen molar-refractivity contribution >= 4 is 5.97 Å². The molecule has 0 radical (unpaired) electrons. The van der Waals surface area contributed by atoms with Crippen molar-refractivity contribution < 1.29 is 14.3 Å². The van der Waals surface area contributed by atoms with Crippen molar-refractivity contribution in [3.05, 3.63) is 71.3 Å². The number of benzene rings is 2. The molecule has 3 rings (SSSR count). The highest BCUT2D eigenvalue weighted by atomic mass is 16.6. The monoisotopic (exact) mass is 380 g/mol. The van der Waals surface area contributed by atoms with E-state index < -0.39 is 0 Å². The van der Waals surface area contributed by atoms with Crippen LogP contribution in [0.1, 0.15) is 22.3 Å². The first-order chi connectivity index (χ1) is 13.6. The van der Waals surface area contributed by atoms with Crippen molar-refractivity contribution in [3.63, 3.8) is 0 Å². The average molecular weight is 380 g/mol. The van der Waals surface area contributed by atoms with Crippen molar-refractivity contribution in [2.24, 2.45) is 0 Å². The summed E-state index contributed by atoms with van der Waals surface area (Å²) >= 11 is 0. The van der Waals surface area contributed by atoms with Crippen LogP contribution in [0.2, 0.25) is 0 Å². The maximum atomic E-state index is 11.3. The van der Waals surface area contributed by atoms with Gasteiger partial charge in [-0.15, -0.1) is 0 Å². The van der Waals surface area contributed by atoms with Gasteiger partial charge in [0.25, 0.3) is 0 Å². The molecule has 7 heteroatoms. The number of hydrogen-bond acceptors (Lipinski definition) is 6. The second-order valence-electron chi connectivity index (χ2n) is 6.53. The summed E-state index contributed by atoms with van der Waals surface area (Å²) in [5, 5.41) is 7.58. The molecule has 0 saturated carbocycles. The largest absolute Gasteiger partial charge is 0.481 e. The SMILES string of the molecule is COC(=O)COc1c(C)cc(CNCc2ccc(-n3cncn3)cc2)cc1C. The van der Waals surface area contributed by atoms with Gasteiger partial charge in [0.1, 0.15) is 18.4 Å². The Morgan fingerprint density at radius 1 is 1.07 bits per heavy atom. The van der Waals surface area contributed by atoms with Gasteiger partial charge in [0.05, 0.1) is 12.8 Å². The Balaban J connectivity index is 1.55. The summed E-state index contributed by atoms with van der Waals surface area (Å²) in [6, 6.07) is 12.3. The molecule has 28 heavy (non-hydrogen) atoms. The number of ether oxygens (including phenoxy) is 2. The number of methoxy groups -OCH3 is 1. The zero-order valence-corrected chi connectivity index (χ0v) is 16.3. The summed E-state index contributed by atoms with van der Waals surface area (Å²) in [5.74, 6) is 0.345. The lowest BCUT2D eigenvalue weighted by molar-refractivity contribution is -0.142. The molecule has 0 unspecified atom stereocenters. The third-order valence-corrected chi connectivity index (χ3v) is 4.36. The van der Waals surface area contributed by atoms with E-state index in [1.807, 2.05) is 26.0 Å². The lowest BCUT2D eigenvalue weighted by Crippen LogP contribution is -2.15. The minimum atomic E-state index is -0.389. The Hall–Kier alpha value is -3.19. The fraction of sp³-hybridized carbons (Fsp3) is 0.286. The van der Waals surface area contributed by atoms with Crippen molar-refractivity contribution in [1.29, 1.82) is 0 Å². The van der Waals surface area contributed by atoms with Gasteiger partial charge in [0.15, 0.2) is 6.61 Å². The Kier molecular flexibility index (Phi) is 6.39. The predicted molar refractivity (Wildman–Crippen MR) is 105 cm³/mol. The zero-order valence-electron chi connectivity index (χ0n) is 16.3. The van der Waals surface area contributed by atoms with E-state index in [1.54, 1.807) is 11.0 Å². The first kappa shape index (κ1) is 19.6. The number of esters is 1. The van der Waals surface area contributed by atoms with E-state index in [9.17, 15) is 4.79 Å². The molecule has 0 fully saturated rings. The van der Waals surface area contributed by atoms with Crippen LogP contribution in [0.5, 0.6) is 5.75 Å². The van der Waals surface area contributed by atoms with Crippen LogP contribution >= 0.6 is 0 Å². The van der Waals surface area contributed by atoms with E-state index in [0.717, 1.165) is 35.7 Å². The van der Waals surface area contributed by atoms with E-state index in [1.165, 1.54) is 24.6 Å². The fourth-order valence-electron chi connectivity index (χ4n) is 3.02. The van der Waals surface area contributed by atoms with Crippen LogP contribution in [0.25, 0.3) is 5.69 Å². The first-order valence-electron chi connectivity index (χ1n) is 9.01. The summed E-state index contributed by atoms with van der Waals surface area (Å²) in [6.07, 6.45) is 3.20. The molecule has 3 aromatic rings. The molecule has 2 aromatic carbocycles. The molecular formula is C21H24N4O3. The Bertz CT molecular complexity index is 898. The van der Waals surface area contributed by atoms with Gasteiger partial charge in [-0.1, -0.05) is 24.3 Å². The molecule has 1 heterocycles. The number of aryl methyl sites for hydroxylation is 2. The topological polar surface area (TPSA) is 78.3 Å². The molecule has 7 nitrogen and oxygen atoms in total. The van der Waals surface area contributed by atoms with E-state index in [4.69, 9.17) is 4.74 Å². The number of carbonyl (C=O) groups excluding carboxylic acids is 1. The maximum absolute atomic E-state index is 11.3. The molecule has 0 aliphatic rings. The number of aromatic nitrogens is 3. The molecule has 0 amide bonds. The molecule has 0 spiro atoms. The summed E-state index contributed by atoms with van der Waals surface area (Å²) in [4.78, 5) is 15.2. The number of carbonyl (C=O) groups is 1. The summed E-state index contributed by atoms with van der Waals surface area (Å²) in [6.45, 7) is 5.37. The van der Waals surface area contributed by atoms with Crippen LogP contribution in [0.15, 0.2) is 49.1 Å².